The van der Waals surface area contributed by atoms with Crippen LogP contribution >= 0.6 is 11.6 Å². The quantitative estimate of drug-likeness (QED) is 0.829. The summed E-state index contributed by atoms with van der Waals surface area (Å²) in [6.45, 7) is 1.69. The molecule has 1 aromatic carbocycles. The molecule has 0 aliphatic rings. The zero-order chi connectivity index (χ0) is 18.1. The van der Waals surface area contributed by atoms with Crippen molar-refractivity contribution < 1.29 is 22.6 Å². The molecule has 1 heterocycles. The molecule has 24 heavy (non-hydrogen) atoms. The van der Waals surface area contributed by atoms with Crippen molar-refractivity contribution in [3.63, 3.8) is 0 Å². The van der Waals surface area contributed by atoms with Crippen molar-refractivity contribution in [1.82, 2.24) is 4.57 Å². The van der Waals surface area contributed by atoms with Gasteiger partial charge in [-0.15, -0.1) is 0 Å². The maximum atomic E-state index is 12.9. The maximum absolute atomic E-state index is 12.9. The van der Waals surface area contributed by atoms with Crippen LogP contribution in [0.2, 0.25) is 5.02 Å². The summed E-state index contributed by atoms with van der Waals surface area (Å²) < 4.78 is 50.0. The SMILES string of the molecule is COc1cc(C)c(Cn2cc(C(F)(F)F)cc(Cl)c2=O)cc1OC. The van der Waals surface area contributed by atoms with Crippen LogP contribution < -0.4 is 15.0 Å². The number of hydrogen-bond acceptors (Lipinski definition) is 3. The summed E-state index contributed by atoms with van der Waals surface area (Å²) in [5.74, 6) is 0.914. The molecule has 0 aliphatic carbocycles. The fourth-order valence-electron chi connectivity index (χ4n) is 2.25. The topological polar surface area (TPSA) is 40.5 Å². The van der Waals surface area contributed by atoms with Gasteiger partial charge >= 0.3 is 6.18 Å². The lowest BCUT2D eigenvalue weighted by Gasteiger charge is -2.15. The highest BCUT2D eigenvalue weighted by Gasteiger charge is 2.32. The average molecular weight is 362 g/mol. The van der Waals surface area contributed by atoms with E-state index in [1.54, 1.807) is 19.1 Å². The molecule has 2 aromatic rings. The summed E-state index contributed by atoms with van der Waals surface area (Å²) in [4.78, 5) is 12.0. The van der Waals surface area contributed by atoms with Crippen LogP contribution in [-0.4, -0.2) is 18.8 Å². The van der Waals surface area contributed by atoms with E-state index in [2.05, 4.69) is 0 Å². The van der Waals surface area contributed by atoms with E-state index in [1.807, 2.05) is 0 Å². The Hall–Kier alpha value is -2.15. The number of benzene rings is 1. The van der Waals surface area contributed by atoms with Gasteiger partial charge in [0.1, 0.15) is 5.02 Å². The van der Waals surface area contributed by atoms with Crippen LogP contribution in [0.4, 0.5) is 13.2 Å². The molecule has 0 aliphatic heterocycles. The Balaban J connectivity index is 2.52. The third kappa shape index (κ3) is 3.67. The van der Waals surface area contributed by atoms with Gasteiger partial charge in [-0.1, -0.05) is 11.6 Å². The van der Waals surface area contributed by atoms with Gasteiger partial charge in [-0.2, -0.15) is 13.2 Å². The molecule has 0 unspecified atom stereocenters. The first-order chi connectivity index (χ1) is 11.2. The zero-order valence-corrected chi connectivity index (χ0v) is 14.0. The fourth-order valence-corrected chi connectivity index (χ4v) is 2.47. The largest absolute Gasteiger partial charge is 0.493 e. The Labute approximate surface area is 141 Å². The van der Waals surface area contributed by atoms with Gasteiger partial charge < -0.3 is 14.0 Å². The van der Waals surface area contributed by atoms with E-state index in [9.17, 15) is 18.0 Å². The summed E-state index contributed by atoms with van der Waals surface area (Å²) in [5.41, 5.74) is -0.317. The Bertz CT molecular complexity index is 815. The third-order valence-electron chi connectivity index (χ3n) is 3.55. The van der Waals surface area contributed by atoms with Gasteiger partial charge in [0.2, 0.25) is 0 Å². The molecular weight excluding hydrogens is 347 g/mol. The molecule has 0 N–H and O–H groups in total. The predicted molar refractivity (Wildman–Crippen MR) is 84.1 cm³/mol. The highest BCUT2D eigenvalue weighted by atomic mass is 35.5. The van der Waals surface area contributed by atoms with Crippen LogP contribution in [0.25, 0.3) is 0 Å². The molecule has 130 valence electrons. The van der Waals surface area contributed by atoms with E-state index in [0.29, 0.717) is 23.1 Å². The Morgan fingerprint density at radius 1 is 1.12 bits per heavy atom. The summed E-state index contributed by atoms with van der Waals surface area (Å²) in [6.07, 6.45) is -3.84. The van der Waals surface area contributed by atoms with Gasteiger partial charge in [0.05, 0.1) is 26.3 Å². The molecule has 1 aromatic heterocycles. The van der Waals surface area contributed by atoms with E-state index in [-0.39, 0.29) is 6.54 Å². The summed E-state index contributed by atoms with van der Waals surface area (Å²) in [6, 6.07) is 3.94. The molecule has 8 heteroatoms. The van der Waals surface area contributed by atoms with E-state index >= 15 is 0 Å². The Kier molecular flexibility index (Phi) is 5.13. The van der Waals surface area contributed by atoms with Gasteiger partial charge in [-0.25, -0.2) is 0 Å². The summed E-state index contributed by atoms with van der Waals surface area (Å²) >= 11 is 5.66. The van der Waals surface area contributed by atoms with Gasteiger partial charge in [-0.05, 0) is 36.2 Å². The van der Waals surface area contributed by atoms with E-state index in [4.69, 9.17) is 21.1 Å². The van der Waals surface area contributed by atoms with Crippen LogP contribution in [0, 0.1) is 6.92 Å². The minimum Gasteiger partial charge on any atom is -0.493 e. The second-order valence-electron chi connectivity index (χ2n) is 5.14. The number of aromatic nitrogens is 1. The zero-order valence-electron chi connectivity index (χ0n) is 13.2. The molecule has 0 saturated carbocycles. The first kappa shape index (κ1) is 18.2. The molecular formula is C16H15ClF3NO3. The number of halogens is 4. The predicted octanol–water partition coefficient (Wildman–Crippen LogP) is 3.89. The molecule has 4 nitrogen and oxygen atoms in total. The van der Waals surface area contributed by atoms with Crippen LogP contribution in [0.1, 0.15) is 16.7 Å². The van der Waals surface area contributed by atoms with Crippen molar-refractivity contribution in [3.05, 3.63) is 56.5 Å². The molecule has 0 atom stereocenters. The standard InChI is InChI=1S/C16H15ClF3NO3/c1-9-4-13(23-2)14(24-3)5-10(9)7-21-8-11(16(18,19)20)6-12(17)15(21)22/h4-6,8H,7H2,1-3H3. The lowest BCUT2D eigenvalue weighted by molar-refractivity contribution is -0.138. The van der Waals surface area contributed by atoms with Crippen molar-refractivity contribution in [3.8, 4) is 11.5 Å². The Morgan fingerprint density at radius 3 is 2.25 bits per heavy atom. The van der Waals surface area contributed by atoms with Crippen LogP contribution in [0.15, 0.2) is 29.2 Å². The maximum Gasteiger partial charge on any atom is 0.417 e. The second kappa shape index (κ2) is 6.76. The summed E-state index contributed by atoms with van der Waals surface area (Å²) in [5, 5.41) is -0.483. The van der Waals surface area contributed by atoms with Gasteiger partial charge in [0.25, 0.3) is 5.56 Å². The smallest absolute Gasteiger partial charge is 0.417 e. The van der Waals surface area contributed by atoms with E-state index in [0.717, 1.165) is 16.3 Å². The molecule has 0 radical (unpaired) electrons. The van der Waals surface area contributed by atoms with Crippen LogP contribution in [-0.2, 0) is 12.7 Å². The molecule has 0 amide bonds. The lowest BCUT2D eigenvalue weighted by Crippen LogP contribution is -2.23. The number of rotatable bonds is 4. The van der Waals surface area contributed by atoms with E-state index in [1.165, 1.54) is 14.2 Å². The fraction of sp³-hybridized carbons (Fsp3) is 0.312. The molecule has 0 spiro atoms. The van der Waals surface area contributed by atoms with Gasteiger partial charge in [0.15, 0.2) is 11.5 Å². The number of alkyl halides is 3. The molecule has 0 fully saturated rings. The number of hydrogen-bond donors (Lipinski definition) is 0. The van der Waals surface area contributed by atoms with Gasteiger partial charge in [-0.3, -0.25) is 4.79 Å². The van der Waals surface area contributed by atoms with Crippen molar-refractivity contribution in [1.29, 1.82) is 0 Å². The number of nitrogens with zero attached hydrogens (tertiary/aromatic N) is 1. The first-order valence-corrected chi connectivity index (χ1v) is 7.24. The molecule has 2 rings (SSSR count). The second-order valence-corrected chi connectivity index (χ2v) is 5.55. The number of pyridine rings is 1. The van der Waals surface area contributed by atoms with Crippen molar-refractivity contribution in [2.75, 3.05) is 14.2 Å². The lowest BCUT2D eigenvalue weighted by atomic mass is 10.1. The number of aryl methyl sites for hydroxylation is 1. The van der Waals surface area contributed by atoms with Crippen LogP contribution in [0.5, 0.6) is 11.5 Å². The minimum atomic E-state index is -4.59. The number of ether oxygens (including phenoxy) is 2. The highest BCUT2D eigenvalue weighted by molar-refractivity contribution is 6.30. The highest BCUT2D eigenvalue weighted by Crippen LogP contribution is 2.32. The van der Waals surface area contributed by atoms with Crippen molar-refractivity contribution in [2.24, 2.45) is 0 Å². The Morgan fingerprint density at radius 2 is 1.71 bits per heavy atom. The summed E-state index contributed by atoms with van der Waals surface area (Å²) in [7, 11) is 2.93. The molecule has 0 saturated heterocycles. The van der Waals surface area contributed by atoms with Crippen molar-refractivity contribution >= 4 is 11.6 Å². The van der Waals surface area contributed by atoms with E-state index < -0.39 is 22.3 Å². The van der Waals surface area contributed by atoms with Crippen LogP contribution in [0.3, 0.4) is 0 Å². The number of methoxy groups -OCH3 is 2. The minimum absolute atomic E-state index is 0.0747. The monoisotopic (exact) mass is 361 g/mol. The third-order valence-corrected chi connectivity index (χ3v) is 3.82. The first-order valence-electron chi connectivity index (χ1n) is 6.86. The van der Waals surface area contributed by atoms with Crippen molar-refractivity contribution in [2.45, 2.75) is 19.6 Å². The van der Waals surface area contributed by atoms with Gasteiger partial charge in [0, 0.05) is 6.20 Å². The normalized spacial score (nSPS) is 11.5. The molecule has 0 bridgehead atoms. The average Bonchev–Trinajstić information content (AvgIpc) is 2.51.